The minimum Gasteiger partial charge on any atom is -0.610 e. The zero-order valence-corrected chi connectivity index (χ0v) is 23.0. The average Bonchev–Trinajstić information content (AvgIpc) is 3.80. The quantitative estimate of drug-likeness (QED) is 0.298. The largest absolute Gasteiger partial charge is 0.610 e. The van der Waals surface area contributed by atoms with E-state index in [1.165, 1.54) is 0 Å². The molecule has 0 saturated heterocycles. The summed E-state index contributed by atoms with van der Waals surface area (Å²) in [6.45, 7) is 8.31. The van der Waals surface area contributed by atoms with Crippen LogP contribution in [-0.2, 0) is 24.1 Å². The van der Waals surface area contributed by atoms with E-state index in [4.69, 9.17) is 4.98 Å². The van der Waals surface area contributed by atoms with Crippen LogP contribution < -0.4 is 10.9 Å². The molecule has 0 radical (unpaired) electrons. The molecule has 1 N–H and O–H groups in total. The Balaban J connectivity index is 1.54. The van der Waals surface area contributed by atoms with Crippen molar-refractivity contribution in [3.63, 3.8) is 0 Å². The van der Waals surface area contributed by atoms with Crippen LogP contribution in [0.3, 0.4) is 0 Å². The van der Waals surface area contributed by atoms with Crippen LogP contribution in [0.15, 0.2) is 40.7 Å². The van der Waals surface area contributed by atoms with Crippen LogP contribution in [0.4, 0.5) is 5.82 Å². The first kappa shape index (κ1) is 26.2. The molecule has 11 heteroatoms. The Kier molecular flexibility index (Phi) is 7.66. The SMILES string of the molecule is CCc1ncnc(C2CC2)c1-c1ncc2nc(NCc3ccc([S+]([O-])CC)nc3)c(=O)n([C@H](C)CC)c2n1. The second-order valence-corrected chi connectivity index (χ2v) is 11.2. The summed E-state index contributed by atoms with van der Waals surface area (Å²) >= 11 is -1.11. The maximum Gasteiger partial charge on any atom is 0.295 e. The van der Waals surface area contributed by atoms with Crippen molar-refractivity contribution >= 4 is 28.2 Å². The maximum atomic E-state index is 13.6. The highest BCUT2D eigenvalue weighted by Crippen LogP contribution is 2.43. The number of aryl methyl sites for hydroxylation is 1. The van der Waals surface area contributed by atoms with Crippen LogP contribution in [-0.4, -0.2) is 44.8 Å². The van der Waals surface area contributed by atoms with Crippen molar-refractivity contribution in [3.8, 4) is 11.4 Å². The predicted octanol–water partition coefficient (Wildman–Crippen LogP) is 4.19. The zero-order valence-electron chi connectivity index (χ0n) is 22.1. The monoisotopic (exact) mass is 532 g/mol. The van der Waals surface area contributed by atoms with E-state index in [1.807, 2.05) is 26.8 Å². The summed E-state index contributed by atoms with van der Waals surface area (Å²) in [6.07, 6.45) is 8.66. The fourth-order valence-corrected chi connectivity index (χ4v) is 5.11. The van der Waals surface area contributed by atoms with Gasteiger partial charge in [0, 0.05) is 41.9 Å². The molecule has 0 aliphatic heterocycles. The molecule has 4 aromatic rings. The van der Waals surface area contributed by atoms with Crippen LogP contribution in [0.25, 0.3) is 22.6 Å². The maximum absolute atomic E-state index is 13.6. The van der Waals surface area contributed by atoms with E-state index >= 15 is 0 Å². The van der Waals surface area contributed by atoms with E-state index in [0.29, 0.717) is 40.2 Å². The molecule has 1 unspecified atom stereocenters. The molecule has 1 saturated carbocycles. The van der Waals surface area contributed by atoms with E-state index in [0.717, 1.165) is 48.2 Å². The van der Waals surface area contributed by atoms with E-state index in [1.54, 1.807) is 29.4 Å². The number of rotatable bonds is 10. The third-order valence-corrected chi connectivity index (χ3v) is 8.13. The lowest BCUT2D eigenvalue weighted by Gasteiger charge is -2.18. The Morgan fingerprint density at radius 3 is 2.58 bits per heavy atom. The number of hydrogen-bond donors (Lipinski definition) is 1. The van der Waals surface area contributed by atoms with Crippen molar-refractivity contribution in [2.75, 3.05) is 11.1 Å². The lowest BCUT2D eigenvalue weighted by Crippen LogP contribution is -2.28. The second-order valence-electron chi connectivity index (χ2n) is 9.50. The van der Waals surface area contributed by atoms with Crippen LogP contribution in [0.2, 0.25) is 0 Å². The highest BCUT2D eigenvalue weighted by atomic mass is 32.2. The molecule has 38 heavy (non-hydrogen) atoms. The average molecular weight is 533 g/mol. The number of aromatic nitrogens is 7. The van der Waals surface area contributed by atoms with Gasteiger partial charge in [-0.05, 0) is 51.2 Å². The fourth-order valence-electron chi connectivity index (χ4n) is 4.43. The van der Waals surface area contributed by atoms with Gasteiger partial charge in [-0.15, -0.1) is 0 Å². The lowest BCUT2D eigenvalue weighted by atomic mass is 10.1. The first-order chi connectivity index (χ1) is 18.4. The molecule has 1 fully saturated rings. The molecule has 0 aromatic carbocycles. The molecule has 10 nitrogen and oxygen atoms in total. The molecule has 1 aliphatic carbocycles. The first-order valence-electron chi connectivity index (χ1n) is 13.2. The number of nitrogens with zero attached hydrogens (tertiary/aromatic N) is 7. The van der Waals surface area contributed by atoms with Gasteiger partial charge in [0.25, 0.3) is 5.56 Å². The molecule has 1 aliphatic rings. The Hall–Kier alpha value is -3.44. The van der Waals surface area contributed by atoms with Gasteiger partial charge in [-0.1, -0.05) is 13.8 Å². The van der Waals surface area contributed by atoms with Crippen molar-refractivity contribution < 1.29 is 4.55 Å². The lowest BCUT2D eigenvalue weighted by molar-refractivity contribution is 0.526. The predicted molar refractivity (Wildman–Crippen MR) is 147 cm³/mol. The van der Waals surface area contributed by atoms with Crippen LogP contribution >= 0.6 is 0 Å². The number of hydrogen-bond acceptors (Lipinski definition) is 9. The highest BCUT2D eigenvalue weighted by molar-refractivity contribution is 7.91. The number of anilines is 1. The summed E-state index contributed by atoms with van der Waals surface area (Å²) in [6, 6.07) is 3.52. The van der Waals surface area contributed by atoms with Gasteiger partial charge in [0.1, 0.15) is 17.6 Å². The smallest absolute Gasteiger partial charge is 0.295 e. The number of fused-ring (bicyclic) bond motifs is 1. The van der Waals surface area contributed by atoms with Gasteiger partial charge in [0.2, 0.25) is 5.03 Å². The third-order valence-electron chi connectivity index (χ3n) is 6.89. The van der Waals surface area contributed by atoms with Crippen LogP contribution in [0, 0.1) is 0 Å². The molecule has 0 spiro atoms. The van der Waals surface area contributed by atoms with Crippen molar-refractivity contribution in [1.82, 2.24) is 34.5 Å². The Morgan fingerprint density at radius 1 is 1.11 bits per heavy atom. The van der Waals surface area contributed by atoms with E-state index in [9.17, 15) is 9.35 Å². The van der Waals surface area contributed by atoms with Gasteiger partial charge in [0.05, 0.1) is 23.1 Å². The van der Waals surface area contributed by atoms with Crippen molar-refractivity contribution in [3.05, 3.63) is 58.2 Å². The van der Waals surface area contributed by atoms with Crippen molar-refractivity contribution in [1.29, 1.82) is 0 Å². The van der Waals surface area contributed by atoms with Gasteiger partial charge in [-0.2, -0.15) is 0 Å². The normalized spacial score (nSPS) is 15.0. The first-order valence-corrected chi connectivity index (χ1v) is 14.5. The van der Waals surface area contributed by atoms with Gasteiger partial charge in [-0.3, -0.25) is 9.36 Å². The minimum absolute atomic E-state index is 0.0955. The molecule has 4 heterocycles. The molecule has 2 atom stereocenters. The van der Waals surface area contributed by atoms with E-state index in [2.05, 4.69) is 37.2 Å². The zero-order chi connectivity index (χ0) is 26.8. The summed E-state index contributed by atoms with van der Waals surface area (Å²) in [5.41, 5.74) is 4.43. The molecular weight excluding hydrogens is 500 g/mol. The topological polar surface area (TPSA) is 134 Å². The van der Waals surface area contributed by atoms with Crippen molar-refractivity contribution in [2.45, 2.75) is 76.9 Å². The summed E-state index contributed by atoms with van der Waals surface area (Å²) in [7, 11) is 0. The van der Waals surface area contributed by atoms with Gasteiger partial charge in [0.15, 0.2) is 17.3 Å². The molecule has 198 valence electrons. The summed E-state index contributed by atoms with van der Waals surface area (Å²) in [4.78, 5) is 41.2. The number of nitrogens with one attached hydrogen (secondary N) is 1. The standard InChI is InChI=1S/C27H32N8O2S/c1-5-16(4)35-26-20(14-30-24(34-26)22-19(6-2)31-15-32-23(22)18-9-10-18)33-25(27(35)36)29-13-17-8-11-21(28-12-17)38(37)7-3/h8,11-12,14-16,18H,5-7,9-10,13H2,1-4H3,(H,29,33)/t16-,38?/m1/s1. The molecule has 0 bridgehead atoms. The van der Waals surface area contributed by atoms with Gasteiger partial charge < -0.3 is 9.87 Å². The Bertz CT molecular complexity index is 1500. The van der Waals surface area contributed by atoms with E-state index in [-0.39, 0.29) is 17.4 Å². The summed E-state index contributed by atoms with van der Waals surface area (Å²) in [5.74, 6) is 1.69. The van der Waals surface area contributed by atoms with Gasteiger partial charge in [-0.25, -0.2) is 29.9 Å². The molecular formula is C27H32N8O2S. The Labute approximate surface area is 224 Å². The Morgan fingerprint density at radius 2 is 1.92 bits per heavy atom. The molecule has 0 amide bonds. The molecule has 4 aromatic heterocycles. The summed E-state index contributed by atoms with van der Waals surface area (Å²) in [5, 5.41) is 3.71. The minimum atomic E-state index is -1.11. The number of pyridine rings is 1. The summed E-state index contributed by atoms with van der Waals surface area (Å²) < 4.78 is 13.7. The van der Waals surface area contributed by atoms with Gasteiger partial charge >= 0.3 is 0 Å². The third kappa shape index (κ3) is 5.12. The van der Waals surface area contributed by atoms with Crippen LogP contribution in [0.1, 0.15) is 75.9 Å². The van der Waals surface area contributed by atoms with Crippen molar-refractivity contribution in [2.24, 2.45) is 0 Å². The fraction of sp³-hybridized carbons (Fsp3) is 0.444. The second kappa shape index (κ2) is 11.1. The molecule has 5 rings (SSSR count). The van der Waals surface area contributed by atoms with Crippen LogP contribution in [0.5, 0.6) is 0 Å². The highest BCUT2D eigenvalue weighted by Gasteiger charge is 2.31. The van der Waals surface area contributed by atoms with E-state index < -0.39 is 11.2 Å².